The van der Waals surface area contributed by atoms with Gasteiger partial charge in [-0.15, -0.1) is 0 Å². The lowest BCUT2D eigenvalue weighted by Crippen LogP contribution is -2.17. The number of anilines is 1. The maximum Gasteiger partial charge on any atom is 0.271 e. The summed E-state index contributed by atoms with van der Waals surface area (Å²) in [5, 5.41) is 6.72. The number of rotatable bonds is 7. The highest BCUT2D eigenvalue weighted by Crippen LogP contribution is 2.14. The second kappa shape index (κ2) is 9.22. The number of hydrogen-bond acceptors (Lipinski definition) is 4. The van der Waals surface area contributed by atoms with Gasteiger partial charge < -0.3 is 10.1 Å². The van der Waals surface area contributed by atoms with Crippen LogP contribution in [-0.4, -0.2) is 25.1 Å². The number of para-hydroxylation sites is 1. The summed E-state index contributed by atoms with van der Waals surface area (Å²) in [5.41, 5.74) is 4.34. The van der Waals surface area contributed by atoms with Crippen LogP contribution < -0.4 is 15.5 Å². The number of nitrogens with zero attached hydrogens (tertiary/aromatic N) is 1. The van der Waals surface area contributed by atoms with Gasteiger partial charge in [-0.1, -0.05) is 19.1 Å². The number of hydrogen-bond donors (Lipinski definition) is 2. The largest absolute Gasteiger partial charge is 0.496 e. The number of carbonyl (C=O) groups excluding carboxylic acids is 2. The number of benzene rings is 2. The molecule has 25 heavy (non-hydrogen) atoms. The molecule has 0 heterocycles. The molecule has 2 aromatic carbocycles. The van der Waals surface area contributed by atoms with Crippen LogP contribution in [-0.2, 0) is 4.79 Å². The van der Waals surface area contributed by atoms with E-state index in [-0.39, 0.29) is 11.8 Å². The van der Waals surface area contributed by atoms with Gasteiger partial charge in [0.05, 0.1) is 13.3 Å². The first-order chi connectivity index (χ1) is 12.1. The third-order valence-corrected chi connectivity index (χ3v) is 3.42. The summed E-state index contributed by atoms with van der Waals surface area (Å²) in [7, 11) is 1.58. The van der Waals surface area contributed by atoms with Crippen molar-refractivity contribution in [3.8, 4) is 5.75 Å². The molecule has 6 heteroatoms. The van der Waals surface area contributed by atoms with Crippen LogP contribution in [0.25, 0.3) is 0 Å². The van der Waals surface area contributed by atoms with Crippen molar-refractivity contribution in [3.05, 3.63) is 59.7 Å². The van der Waals surface area contributed by atoms with E-state index in [4.69, 9.17) is 4.74 Å². The van der Waals surface area contributed by atoms with Crippen LogP contribution >= 0.6 is 0 Å². The molecular formula is C19H21N3O3. The minimum Gasteiger partial charge on any atom is -0.496 e. The smallest absolute Gasteiger partial charge is 0.271 e. The average molecular weight is 339 g/mol. The monoisotopic (exact) mass is 339 g/mol. The van der Waals surface area contributed by atoms with Gasteiger partial charge in [0, 0.05) is 23.2 Å². The highest BCUT2D eigenvalue weighted by molar-refractivity contribution is 5.96. The first-order valence-electron chi connectivity index (χ1n) is 8.00. The third-order valence-electron chi connectivity index (χ3n) is 3.42. The number of carbonyl (C=O) groups is 2. The van der Waals surface area contributed by atoms with Gasteiger partial charge in [-0.25, -0.2) is 5.43 Å². The van der Waals surface area contributed by atoms with Crippen molar-refractivity contribution >= 4 is 23.7 Å². The first-order valence-corrected chi connectivity index (χ1v) is 8.00. The fourth-order valence-corrected chi connectivity index (χ4v) is 2.15. The van der Waals surface area contributed by atoms with E-state index in [1.54, 1.807) is 31.4 Å². The molecule has 0 saturated heterocycles. The summed E-state index contributed by atoms with van der Waals surface area (Å²) in [6.45, 7) is 1.94. The SMILES string of the molecule is CCCC(=O)Nc1ccc(C(=O)N/N=C\c2ccccc2OC)cc1. The van der Waals surface area contributed by atoms with Crippen LogP contribution in [0.5, 0.6) is 5.75 Å². The van der Waals surface area contributed by atoms with E-state index in [1.807, 2.05) is 31.2 Å². The molecule has 0 aliphatic heterocycles. The Bertz CT molecular complexity index is 755. The van der Waals surface area contributed by atoms with Gasteiger partial charge in [0.1, 0.15) is 5.75 Å². The van der Waals surface area contributed by atoms with Crippen LogP contribution in [0, 0.1) is 0 Å². The van der Waals surface area contributed by atoms with Crippen LogP contribution in [0.2, 0.25) is 0 Å². The molecule has 0 atom stereocenters. The predicted octanol–water partition coefficient (Wildman–Crippen LogP) is 3.20. The molecular weight excluding hydrogens is 318 g/mol. The summed E-state index contributed by atoms with van der Waals surface area (Å²) in [4.78, 5) is 23.6. The molecule has 2 amide bonds. The van der Waals surface area contributed by atoms with Crippen LogP contribution in [0.4, 0.5) is 5.69 Å². The van der Waals surface area contributed by atoms with E-state index in [2.05, 4.69) is 15.8 Å². The predicted molar refractivity (Wildman–Crippen MR) is 98.0 cm³/mol. The van der Waals surface area contributed by atoms with Crippen molar-refractivity contribution < 1.29 is 14.3 Å². The average Bonchev–Trinajstić information content (AvgIpc) is 2.63. The highest BCUT2D eigenvalue weighted by atomic mass is 16.5. The van der Waals surface area contributed by atoms with Gasteiger partial charge in [0.2, 0.25) is 5.91 Å². The first kappa shape index (κ1) is 18.2. The van der Waals surface area contributed by atoms with Gasteiger partial charge >= 0.3 is 0 Å². The zero-order valence-electron chi connectivity index (χ0n) is 14.3. The minimum absolute atomic E-state index is 0.0406. The maximum atomic E-state index is 12.1. The van der Waals surface area contributed by atoms with Crippen molar-refractivity contribution in [1.29, 1.82) is 0 Å². The molecule has 0 bridgehead atoms. The van der Waals surface area contributed by atoms with E-state index in [0.717, 1.165) is 12.0 Å². The van der Waals surface area contributed by atoms with Crippen molar-refractivity contribution in [1.82, 2.24) is 5.43 Å². The second-order valence-electron chi connectivity index (χ2n) is 5.32. The molecule has 2 rings (SSSR count). The van der Waals surface area contributed by atoms with E-state index in [0.29, 0.717) is 23.4 Å². The molecule has 6 nitrogen and oxygen atoms in total. The van der Waals surface area contributed by atoms with E-state index < -0.39 is 0 Å². The number of methoxy groups -OCH3 is 1. The zero-order chi connectivity index (χ0) is 18.1. The summed E-state index contributed by atoms with van der Waals surface area (Å²) in [5.74, 6) is 0.298. The lowest BCUT2D eigenvalue weighted by molar-refractivity contribution is -0.116. The standard InChI is InChI=1S/C19H21N3O3/c1-3-6-18(23)21-16-11-9-14(10-12-16)19(24)22-20-13-15-7-4-5-8-17(15)25-2/h4-5,7-13H,3,6H2,1-2H3,(H,21,23)(H,22,24)/b20-13-. The summed E-state index contributed by atoms with van der Waals surface area (Å²) >= 11 is 0. The molecule has 2 aromatic rings. The Hall–Kier alpha value is -3.15. The summed E-state index contributed by atoms with van der Waals surface area (Å²) in [6, 6.07) is 14.0. The summed E-state index contributed by atoms with van der Waals surface area (Å²) in [6.07, 6.45) is 2.78. The zero-order valence-corrected chi connectivity index (χ0v) is 14.3. The fourth-order valence-electron chi connectivity index (χ4n) is 2.15. The number of amides is 2. The lowest BCUT2D eigenvalue weighted by atomic mass is 10.2. The molecule has 0 aromatic heterocycles. The molecule has 0 saturated carbocycles. The molecule has 0 spiro atoms. The molecule has 2 N–H and O–H groups in total. The van der Waals surface area contributed by atoms with Gasteiger partial charge in [0.15, 0.2) is 0 Å². The second-order valence-corrected chi connectivity index (χ2v) is 5.32. The lowest BCUT2D eigenvalue weighted by Gasteiger charge is -2.06. The maximum absolute atomic E-state index is 12.1. The van der Waals surface area contributed by atoms with Gasteiger partial charge in [-0.2, -0.15) is 5.10 Å². The van der Waals surface area contributed by atoms with Crippen LogP contribution in [0.15, 0.2) is 53.6 Å². The summed E-state index contributed by atoms with van der Waals surface area (Å²) < 4.78 is 5.21. The normalized spacial score (nSPS) is 10.5. The minimum atomic E-state index is -0.336. The molecule has 130 valence electrons. The Balaban J connectivity index is 1.94. The Labute approximate surface area is 146 Å². The van der Waals surface area contributed by atoms with Crippen molar-refractivity contribution in [2.45, 2.75) is 19.8 Å². The van der Waals surface area contributed by atoms with Crippen molar-refractivity contribution in [3.63, 3.8) is 0 Å². The van der Waals surface area contributed by atoms with Gasteiger partial charge in [-0.05, 0) is 42.8 Å². The van der Waals surface area contributed by atoms with Crippen molar-refractivity contribution in [2.75, 3.05) is 12.4 Å². The Morgan fingerprint density at radius 1 is 1.12 bits per heavy atom. The topological polar surface area (TPSA) is 79.8 Å². The number of hydrazone groups is 1. The Morgan fingerprint density at radius 3 is 2.52 bits per heavy atom. The third kappa shape index (κ3) is 5.46. The fraction of sp³-hybridized carbons (Fsp3) is 0.211. The van der Waals surface area contributed by atoms with E-state index in [9.17, 15) is 9.59 Å². The number of ether oxygens (including phenoxy) is 1. The molecule has 0 aliphatic rings. The van der Waals surface area contributed by atoms with Crippen molar-refractivity contribution in [2.24, 2.45) is 5.10 Å². The van der Waals surface area contributed by atoms with Crippen LogP contribution in [0.3, 0.4) is 0 Å². The Morgan fingerprint density at radius 2 is 1.84 bits per heavy atom. The number of nitrogens with one attached hydrogen (secondary N) is 2. The van der Waals surface area contributed by atoms with E-state index in [1.165, 1.54) is 6.21 Å². The molecule has 0 aliphatic carbocycles. The molecule has 0 fully saturated rings. The highest BCUT2D eigenvalue weighted by Gasteiger charge is 2.06. The Kier molecular flexibility index (Phi) is 6.71. The van der Waals surface area contributed by atoms with Gasteiger partial charge in [0.25, 0.3) is 5.91 Å². The quantitative estimate of drug-likeness (QED) is 0.600. The van der Waals surface area contributed by atoms with Gasteiger partial charge in [-0.3, -0.25) is 9.59 Å². The van der Waals surface area contributed by atoms with E-state index >= 15 is 0 Å². The molecule has 0 radical (unpaired) electrons. The molecule has 0 unspecified atom stereocenters. The van der Waals surface area contributed by atoms with Crippen LogP contribution in [0.1, 0.15) is 35.7 Å².